The van der Waals surface area contributed by atoms with Gasteiger partial charge in [0.15, 0.2) is 0 Å². The van der Waals surface area contributed by atoms with E-state index in [2.05, 4.69) is 32.9 Å². The minimum atomic E-state index is -2.99. The number of hydrogen-bond acceptors (Lipinski definition) is 3. The summed E-state index contributed by atoms with van der Waals surface area (Å²) in [6.45, 7) is 13.4. The van der Waals surface area contributed by atoms with Gasteiger partial charge in [-0.3, -0.25) is 4.57 Å². The molecule has 0 fully saturated rings. The maximum Gasteiger partial charge on any atom is 0.334 e. The summed E-state index contributed by atoms with van der Waals surface area (Å²) in [7, 11) is -2.99. The van der Waals surface area contributed by atoms with Crippen LogP contribution in [-0.4, -0.2) is 19.4 Å². The van der Waals surface area contributed by atoms with Gasteiger partial charge in [-0.1, -0.05) is 43.2 Å². The van der Waals surface area contributed by atoms with Gasteiger partial charge in [0.2, 0.25) is 0 Å². The molecule has 1 rings (SSSR count). The number of allylic oxidation sites excluding steroid dienone is 6. The Morgan fingerprint density at radius 1 is 1.26 bits per heavy atom. The Labute approximate surface area is 142 Å². The van der Waals surface area contributed by atoms with E-state index in [4.69, 9.17) is 9.05 Å². The van der Waals surface area contributed by atoms with Gasteiger partial charge in [-0.15, -0.1) is 0 Å². The maximum absolute atomic E-state index is 12.5. The van der Waals surface area contributed by atoms with E-state index in [9.17, 15) is 4.57 Å². The van der Waals surface area contributed by atoms with Gasteiger partial charge in [0.1, 0.15) is 0 Å². The van der Waals surface area contributed by atoms with Gasteiger partial charge < -0.3 is 9.05 Å². The smallest absolute Gasteiger partial charge is 0.309 e. The first-order valence-electron chi connectivity index (χ1n) is 8.67. The summed E-state index contributed by atoms with van der Waals surface area (Å²) in [6, 6.07) is 0. The van der Waals surface area contributed by atoms with Crippen molar-refractivity contribution < 1.29 is 13.6 Å². The highest BCUT2D eigenvalue weighted by Gasteiger charge is 2.26. The van der Waals surface area contributed by atoms with Crippen LogP contribution in [0.3, 0.4) is 0 Å². The van der Waals surface area contributed by atoms with Gasteiger partial charge >= 0.3 is 7.60 Å². The normalized spacial score (nSPS) is 19.7. The molecule has 23 heavy (non-hydrogen) atoms. The van der Waals surface area contributed by atoms with E-state index in [1.807, 2.05) is 26.8 Å². The lowest BCUT2D eigenvalue weighted by atomic mass is 9.72. The Hall–Kier alpha value is -0.630. The minimum absolute atomic E-state index is 0.241. The van der Waals surface area contributed by atoms with E-state index < -0.39 is 7.60 Å². The average Bonchev–Trinajstić information content (AvgIpc) is 2.44. The van der Waals surface area contributed by atoms with Crippen LogP contribution in [0.1, 0.15) is 60.8 Å². The molecule has 132 valence electrons. The zero-order chi connectivity index (χ0) is 17.5. The van der Waals surface area contributed by atoms with Crippen LogP contribution in [0, 0.1) is 5.41 Å². The Morgan fingerprint density at radius 2 is 1.87 bits per heavy atom. The third-order valence-corrected chi connectivity index (χ3v) is 6.28. The van der Waals surface area contributed by atoms with Crippen molar-refractivity contribution in [2.75, 3.05) is 19.4 Å². The Bertz CT molecular complexity index is 517. The van der Waals surface area contributed by atoms with Crippen LogP contribution in [0.2, 0.25) is 0 Å². The van der Waals surface area contributed by atoms with Crippen LogP contribution in [-0.2, 0) is 13.6 Å². The molecule has 1 aliphatic rings. The summed E-state index contributed by atoms with van der Waals surface area (Å²) in [4.78, 5) is 0. The molecule has 3 nitrogen and oxygen atoms in total. The van der Waals surface area contributed by atoms with Gasteiger partial charge in [0.05, 0.1) is 19.4 Å². The van der Waals surface area contributed by atoms with Crippen molar-refractivity contribution in [1.29, 1.82) is 0 Å². The fourth-order valence-corrected chi connectivity index (χ4v) is 4.67. The lowest BCUT2D eigenvalue weighted by molar-refractivity contribution is 0.222. The number of hydrogen-bond donors (Lipinski definition) is 0. The highest BCUT2D eigenvalue weighted by atomic mass is 31.2. The van der Waals surface area contributed by atoms with Crippen LogP contribution in [0.5, 0.6) is 0 Å². The van der Waals surface area contributed by atoms with Gasteiger partial charge in [-0.2, -0.15) is 0 Å². The zero-order valence-corrected chi connectivity index (χ0v) is 16.5. The maximum atomic E-state index is 12.5. The molecule has 0 aliphatic heterocycles. The molecule has 0 aromatic heterocycles. The molecule has 1 aliphatic carbocycles. The fraction of sp³-hybridized carbons (Fsp3) is 0.684. The van der Waals surface area contributed by atoms with Crippen molar-refractivity contribution >= 4 is 7.60 Å². The molecular formula is C19H33O3P. The molecule has 0 saturated carbocycles. The van der Waals surface area contributed by atoms with E-state index in [1.165, 1.54) is 30.4 Å². The third kappa shape index (κ3) is 6.41. The second-order valence-corrected chi connectivity index (χ2v) is 8.95. The highest BCUT2D eigenvalue weighted by molar-refractivity contribution is 7.54. The van der Waals surface area contributed by atoms with Crippen LogP contribution < -0.4 is 0 Å². The third-order valence-electron chi connectivity index (χ3n) is 4.34. The van der Waals surface area contributed by atoms with Gasteiger partial charge in [-0.25, -0.2) is 0 Å². The van der Waals surface area contributed by atoms with Crippen LogP contribution in [0.25, 0.3) is 0 Å². The zero-order valence-electron chi connectivity index (χ0n) is 15.6. The Morgan fingerprint density at radius 3 is 2.39 bits per heavy atom. The topological polar surface area (TPSA) is 35.5 Å². The van der Waals surface area contributed by atoms with Crippen molar-refractivity contribution in [3.63, 3.8) is 0 Å². The monoisotopic (exact) mass is 340 g/mol. The summed E-state index contributed by atoms with van der Waals surface area (Å²) in [6.07, 6.45) is 10.3. The summed E-state index contributed by atoms with van der Waals surface area (Å²) in [5.41, 5.74) is 4.26. The van der Waals surface area contributed by atoms with Gasteiger partial charge in [0, 0.05) is 0 Å². The molecule has 0 heterocycles. The standard InChI is InChI=1S/C19H33O3P/c1-7-21-23(20,22-8-2)15-13-16(3)11-12-18-17(4)10-9-14-19(18,5)6/h11-13H,7-10,14-15H2,1-6H3. The average molecular weight is 340 g/mol. The summed E-state index contributed by atoms with van der Waals surface area (Å²) >= 11 is 0. The molecule has 0 atom stereocenters. The SMILES string of the molecule is CCOP(=O)(CC=C(C)C=CC1=C(C)CCCC1(C)C)OCC. The molecule has 0 N–H and O–H groups in total. The molecular weight excluding hydrogens is 307 g/mol. The first-order valence-corrected chi connectivity index (χ1v) is 10.4. The van der Waals surface area contributed by atoms with Crippen molar-refractivity contribution in [1.82, 2.24) is 0 Å². The van der Waals surface area contributed by atoms with E-state index in [1.54, 1.807) is 0 Å². The van der Waals surface area contributed by atoms with E-state index in [0.717, 1.165) is 5.57 Å². The van der Waals surface area contributed by atoms with E-state index >= 15 is 0 Å². The van der Waals surface area contributed by atoms with Gasteiger partial charge in [-0.05, 0) is 57.9 Å². The van der Waals surface area contributed by atoms with Crippen molar-refractivity contribution in [2.45, 2.75) is 60.8 Å². The van der Waals surface area contributed by atoms with E-state index in [-0.39, 0.29) is 5.41 Å². The van der Waals surface area contributed by atoms with Crippen molar-refractivity contribution in [3.8, 4) is 0 Å². The van der Waals surface area contributed by atoms with Crippen LogP contribution >= 0.6 is 7.60 Å². The van der Waals surface area contributed by atoms with Crippen molar-refractivity contribution in [3.05, 3.63) is 34.9 Å². The summed E-state index contributed by atoms with van der Waals surface area (Å²) in [5, 5.41) is 0. The van der Waals surface area contributed by atoms with Crippen molar-refractivity contribution in [2.24, 2.45) is 5.41 Å². The molecule has 0 bridgehead atoms. The lowest BCUT2D eigenvalue weighted by Crippen LogP contribution is -2.19. The molecule has 0 aromatic rings. The summed E-state index contributed by atoms with van der Waals surface area (Å²) in [5.74, 6) is 0. The number of rotatable bonds is 8. The lowest BCUT2D eigenvalue weighted by Gasteiger charge is -2.33. The first-order chi connectivity index (χ1) is 10.7. The molecule has 0 spiro atoms. The molecule has 4 heteroatoms. The highest BCUT2D eigenvalue weighted by Crippen LogP contribution is 2.48. The largest absolute Gasteiger partial charge is 0.334 e. The Balaban J connectivity index is 2.81. The molecule has 0 amide bonds. The molecule has 0 unspecified atom stereocenters. The second kappa shape index (κ2) is 9.01. The Kier molecular flexibility index (Phi) is 8.00. The summed E-state index contributed by atoms with van der Waals surface area (Å²) < 4.78 is 23.1. The van der Waals surface area contributed by atoms with E-state index in [0.29, 0.717) is 19.4 Å². The predicted octanol–water partition coefficient (Wildman–Crippen LogP) is 6.28. The van der Waals surface area contributed by atoms with Gasteiger partial charge in [0.25, 0.3) is 0 Å². The second-order valence-electron chi connectivity index (χ2n) is 6.84. The first kappa shape index (κ1) is 20.4. The quantitative estimate of drug-likeness (QED) is 0.385. The van der Waals surface area contributed by atoms with Crippen LogP contribution in [0.4, 0.5) is 0 Å². The minimum Gasteiger partial charge on any atom is -0.309 e. The fourth-order valence-electron chi connectivity index (χ4n) is 3.09. The molecule has 0 saturated heterocycles. The molecule has 0 aromatic carbocycles. The van der Waals surface area contributed by atoms with Crippen LogP contribution in [0.15, 0.2) is 34.9 Å². The predicted molar refractivity (Wildman–Crippen MR) is 99.0 cm³/mol. The molecule has 0 radical (unpaired) electrons.